The van der Waals surface area contributed by atoms with Gasteiger partial charge in [0.1, 0.15) is 11.6 Å². The lowest BCUT2D eigenvalue weighted by Gasteiger charge is -2.14. The molecule has 2 N–H and O–H groups in total. The van der Waals surface area contributed by atoms with Gasteiger partial charge in [-0.05, 0) is 35.7 Å². The van der Waals surface area contributed by atoms with Crippen LogP contribution in [0.25, 0.3) is 0 Å². The predicted octanol–water partition coefficient (Wildman–Crippen LogP) is 3.58. The maximum Gasteiger partial charge on any atom is 0.128 e. The molecular weight excluding hydrogens is 232 g/mol. The lowest BCUT2D eigenvalue weighted by molar-refractivity contribution is 0.576. The molecule has 0 aliphatic rings. The number of hydrogen-bond acceptors (Lipinski definition) is 1. The van der Waals surface area contributed by atoms with Gasteiger partial charge in [0.2, 0.25) is 0 Å². The number of aryl methyl sites for hydroxylation is 1. The summed E-state index contributed by atoms with van der Waals surface area (Å²) in [7, 11) is 0. The zero-order chi connectivity index (χ0) is 13.1. The van der Waals surface area contributed by atoms with Crippen LogP contribution in [0.1, 0.15) is 29.7 Å². The smallest absolute Gasteiger partial charge is 0.128 e. The highest BCUT2D eigenvalue weighted by molar-refractivity contribution is 5.34. The molecule has 0 aliphatic heterocycles. The van der Waals surface area contributed by atoms with E-state index in [1.165, 1.54) is 5.56 Å². The lowest BCUT2D eigenvalue weighted by Crippen LogP contribution is -2.14. The van der Waals surface area contributed by atoms with E-state index in [2.05, 4.69) is 6.92 Å². The fourth-order valence-corrected chi connectivity index (χ4v) is 1.89. The Kier molecular flexibility index (Phi) is 3.72. The van der Waals surface area contributed by atoms with Crippen molar-refractivity contribution in [2.45, 2.75) is 19.4 Å². The fraction of sp³-hybridized carbons (Fsp3) is 0.200. The molecule has 0 aliphatic carbocycles. The van der Waals surface area contributed by atoms with E-state index in [-0.39, 0.29) is 5.56 Å². The Labute approximate surface area is 105 Å². The molecule has 0 fully saturated rings. The summed E-state index contributed by atoms with van der Waals surface area (Å²) in [6.45, 7) is 2.06. The molecule has 94 valence electrons. The topological polar surface area (TPSA) is 26.0 Å². The molecule has 0 radical (unpaired) electrons. The van der Waals surface area contributed by atoms with E-state index in [1.54, 1.807) is 0 Å². The Bertz CT molecular complexity index is 535. The van der Waals surface area contributed by atoms with Crippen LogP contribution in [0.2, 0.25) is 0 Å². The molecule has 0 amide bonds. The maximum atomic E-state index is 13.6. The largest absolute Gasteiger partial charge is 0.320 e. The molecule has 0 heterocycles. The van der Waals surface area contributed by atoms with E-state index in [9.17, 15) is 8.78 Å². The molecule has 0 aromatic heterocycles. The van der Waals surface area contributed by atoms with E-state index in [1.807, 2.05) is 24.3 Å². The van der Waals surface area contributed by atoms with Crippen molar-refractivity contribution in [3.8, 4) is 0 Å². The first kappa shape index (κ1) is 12.7. The van der Waals surface area contributed by atoms with Gasteiger partial charge in [0.05, 0.1) is 6.04 Å². The Morgan fingerprint density at radius 3 is 2.33 bits per heavy atom. The Morgan fingerprint density at radius 2 is 1.72 bits per heavy atom. The standard InChI is InChI=1S/C15H15F2N/c1-2-10-3-5-11(6-4-10)15(18)13-9-12(16)7-8-14(13)17/h3-9,15H,2,18H2,1H3. The van der Waals surface area contributed by atoms with Crippen LogP contribution in [0.5, 0.6) is 0 Å². The third-order valence-electron chi connectivity index (χ3n) is 3.04. The molecule has 0 spiro atoms. The molecule has 0 saturated heterocycles. The van der Waals surface area contributed by atoms with Crippen LogP contribution in [0.4, 0.5) is 8.78 Å². The van der Waals surface area contributed by atoms with E-state index in [0.717, 1.165) is 30.2 Å². The monoisotopic (exact) mass is 247 g/mol. The maximum absolute atomic E-state index is 13.6. The molecule has 1 nitrogen and oxygen atoms in total. The summed E-state index contributed by atoms with van der Waals surface area (Å²) in [5, 5.41) is 0. The summed E-state index contributed by atoms with van der Waals surface area (Å²) in [5.74, 6) is -0.963. The summed E-state index contributed by atoms with van der Waals surface area (Å²) in [6.07, 6.45) is 0.934. The molecule has 2 aromatic carbocycles. The van der Waals surface area contributed by atoms with Gasteiger partial charge in [0, 0.05) is 5.56 Å². The SMILES string of the molecule is CCc1ccc(C(N)c2cc(F)ccc2F)cc1. The molecule has 1 atom stereocenters. The van der Waals surface area contributed by atoms with Gasteiger partial charge < -0.3 is 5.73 Å². The Hall–Kier alpha value is -1.74. The first-order valence-corrected chi connectivity index (χ1v) is 5.91. The van der Waals surface area contributed by atoms with E-state index >= 15 is 0 Å². The molecule has 3 heteroatoms. The molecule has 18 heavy (non-hydrogen) atoms. The Morgan fingerprint density at radius 1 is 1.06 bits per heavy atom. The lowest BCUT2D eigenvalue weighted by atomic mass is 9.97. The number of nitrogens with two attached hydrogens (primary N) is 1. The van der Waals surface area contributed by atoms with Crippen molar-refractivity contribution in [1.82, 2.24) is 0 Å². The summed E-state index contributed by atoms with van der Waals surface area (Å²) in [5.41, 5.74) is 8.11. The van der Waals surface area contributed by atoms with Crippen LogP contribution in [0, 0.1) is 11.6 Å². The van der Waals surface area contributed by atoms with Crippen molar-refractivity contribution >= 4 is 0 Å². The van der Waals surface area contributed by atoms with Crippen LogP contribution in [0.3, 0.4) is 0 Å². The minimum atomic E-state index is -0.647. The summed E-state index contributed by atoms with van der Waals surface area (Å²) in [6, 6.07) is 10.3. The normalized spacial score (nSPS) is 12.4. The highest BCUT2D eigenvalue weighted by Crippen LogP contribution is 2.23. The summed E-state index contributed by atoms with van der Waals surface area (Å²) >= 11 is 0. The first-order valence-electron chi connectivity index (χ1n) is 5.91. The van der Waals surface area contributed by atoms with E-state index < -0.39 is 17.7 Å². The van der Waals surface area contributed by atoms with Crippen LogP contribution in [-0.4, -0.2) is 0 Å². The van der Waals surface area contributed by atoms with E-state index in [4.69, 9.17) is 5.73 Å². The molecule has 1 unspecified atom stereocenters. The third kappa shape index (κ3) is 2.57. The van der Waals surface area contributed by atoms with Crippen LogP contribution in [0.15, 0.2) is 42.5 Å². The zero-order valence-corrected chi connectivity index (χ0v) is 10.2. The second-order valence-electron chi connectivity index (χ2n) is 4.24. The quantitative estimate of drug-likeness (QED) is 0.881. The average molecular weight is 247 g/mol. The molecule has 2 rings (SSSR count). The van der Waals surface area contributed by atoms with Gasteiger partial charge >= 0.3 is 0 Å². The number of hydrogen-bond donors (Lipinski definition) is 1. The van der Waals surface area contributed by atoms with E-state index in [0.29, 0.717) is 0 Å². The average Bonchev–Trinajstić information content (AvgIpc) is 2.41. The van der Waals surface area contributed by atoms with Crippen molar-refractivity contribution in [1.29, 1.82) is 0 Å². The van der Waals surface area contributed by atoms with Crippen LogP contribution in [-0.2, 0) is 6.42 Å². The van der Waals surface area contributed by atoms with Gasteiger partial charge in [0.15, 0.2) is 0 Å². The first-order chi connectivity index (χ1) is 8.61. The third-order valence-corrected chi connectivity index (χ3v) is 3.04. The van der Waals surface area contributed by atoms with Gasteiger partial charge in [-0.25, -0.2) is 8.78 Å². The second-order valence-corrected chi connectivity index (χ2v) is 4.24. The van der Waals surface area contributed by atoms with Crippen molar-refractivity contribution in [3.05, 3.63) is 70.8 Å². The van der Waals surface area contributed by atoms with Gasteiger partial charge in [-0.2, -0.15) is 0 Å². The highest BCUT2D eigenvalue weighted by Gasteiger charge is 2.14. The minimum Gasteiger partial charge on any atom is -0.320 e. The van der Waals surface area contributed by atoms with Crippen molar-refractivity contribution < 1.29 is 8.78 Å². The van der Waals surface area contributed by atoms with Gasteiger partial charge in [-0.3, -0.25) is 0 Å². The van der Waals surface area contributed by atoms with Crippen molar-refractivity contribution in [2.75, 3.05) is 0 Å². The fourth-order valence-electron chi connectivity index (χ4n) is 1.89. The summed E-state index contributed by atoms with van der Waals surface area (Å²) in [4.78, 5) is 0. The number of benzene rings is 2. The Balaban J connectivity index is 2.34. The van der Waals surface area contributed by atoms with Gasteiger partial charge in [0.25, 0.3) is 0 Å². The molecular formula is C15H15F2N. The van der Waals surface area contributed by atoms with Gasteiger partial charge in [-0.15, -0.1) is 0 Å². The van der Waals surface area contributed by atoms with Crippen molar-refractivity contribution in [3.63, 3.8) is 0 Å². The molecule has 0 bridgehead atoms. The minimum absolute atomic E-state index is 0.180. The van der Waals surface area contributed by atoms with Gasteiger partial charge in [-0.1, -0.05) is 31.2 Å². The van der Waals surface area contributed by atoms with Crippen LogP contribution >= 0.6 is 0 Å². The highest BCUT2D eigenvalue weighted by atomic mass is 19.1. The number of rotatable bonds is 3. The summed E-state index contributed by atoms with van der Waals surface area (Å²) < 4.78 is 26.7. The second kappa shape index (κ2) is 5.27. The van der Waals surface area contributed by atoms with Crippen molar-refractivity contribution in [2.24, 2.45) is 5.73 Å². The predicted molar refractivity (Wildman–Crippen MR) is 68.2 cm³/mol. The molecule has 2 aromatic rings. The van der Waals surface area contributed by atoms with Crippen LogP contribution < -0.4 is 5.73 Å². The zero-order valence-electron chi connectivity index (χ0n) is 10.2. The molecule has 0 saturated carbocycles. The number of halogens is 2.